The van der Waals surface area contributed by atoms with Gasteiger partial charge in [0, 0.05) is 26.3 Å². The van der Waals surface area contributed by atoms with Crippen molar-refractivity contribution in [2.24, 2.45) is 0 Å². The van der Waals surface area contributed by atoms with Crippen molar-refractivity contribution in [1.82, 2.24) is 4.90 Å². The third kappa shape index (κ3) is 3.30. The third-order valence-corrected chi connectivity index (χ3v) is 3.12. The first-order chi connectivity index (χ1) is 7.79. The first-order valence-electron chi connectivity index (χ1n) is 6.39. The van der Waals surface area contributed by atoms with Gasteiger partial charge in [-0.15, -0.1) is 0 Å². The van der Waals surface area contributed by atoms with Gasteiger partial charge < -0.3 is 9.47 Å². The summed E-state index contributed by atoms with van der Waals surface area (Å²) in [6.45, 7) is 12.1. The number of nitrogens with zero attached hydrogens (tertiary/aromatic N) is 1. The summed E-state index contributed by atoms with van der Waals surface area (Å²) in [6.07, 6.45) is 5.71. The molecule has 0 bridgehead atoms. The summed E-state index contributed by atoms with van der Waals surface area (Å²) in [5.41, 5.74) is -0.412. The maximum absolute atomic E-state index is 5.90. The number of hydrogen-bond acceptors (Lipinski definition) is 3. The molecule has 0 spiro atoms. The number of rotatable bonds is 7. The molecule has 1 atom stereocenters. The van der Waals surface area contributed by atoms with Crippen LogP contribution in [-0.4, -0.2) is 43.5 Å². The molecule has 0 radical (unpaired) electrons. The molecule has 0 aromatic carbocycles. The molecular weight excluding hydrogens is 202 g/mol. The Morgan fingerprint density at radius 1 is 1.19 bits per heavy atom. The van der Waals surface area contributed by atoms with Crippen LogP contribution in [0.2, 0.25) is 0 Å². The van der Waals surface area contributed by atoms with Crippen molar-refractivity contribution in [1.29, 1.82) is 0 Å². The molecular formula is C13H25NO2. The number of hydrogen-bond donors (Lipinski definition) is 0. The summed E-state index contributed by atoms with van der Waals surface area (Å²) in [6, 6.07) is 0. The Morgan fingerprint density at radius 2 is 1.88 bits per heavy atom. The van der Waals surface area contributed by atoms with Gasteiger partial charge >= 0.3 is 0 Å². The second kappa shape index (κ2) is 7.05. The molecule has 3 nitrogen and oxygen atoms in total. The highest BCUT2D eigenvalue weighted by Gasteiger charge is 2.35. The van der Waals surface area contributed by atoms with E-state index < -0.39 is 5.72 Å². The second-order valence-electron chi connectivity index (χ2n) is 4.17. The molecule has 1 aliphatic heterocycles. The van der Waals surface area contributed by atoms with Gasteiger partial charge in [-0.1, -0.05) is 13.0 Å². The maximum atomic E-state index is 5.90. The van der Waals surface area contributed by atoms with Crippen LogP contribution in [0, 0.1) is 0 Å². The van der Waals surface area contributed by atoms with E-state index in [0.29, 0.717) is 13.2 Å². The smallest absolute Gasteiger partial charge is 0.164 e. The summed E-state index contributed by atoms with van der Waals surface area (Å²) in [7, 11) is 0. The zero-order valence-corrected chi connectivity index (χ0v) is 10.7. The van der Waals surface area contributed by atoms with Crippen molar-refractivity contribution < 1.29 is 9.47 Å². The fourth-order valence-corrected chi connectivity index (χ4v) is 2.24. The standard InChI is InChI=1S/C13H25NO2/c1-4-13(16-6-3,12-15-5-2)14-10-8-7-9-11-14/h4H,1,5-12H2,2-3H3. The molecule has 94 valence electrons. The first kappa shape index (κ1) is 13.7. The van der Waals surface area contributed by atoms with Gasteiger partial charge in [-0.2, -0.15) is 0 Å². The van der Waals surface area contributed by atoms with E-state index in [2.05, 4.69) is 11.5 Å². The topological polar surface area (TPSA) is 21.7 Å². The molecule has 1 fully saturated rings. The minimum atomic E-state index is -0.412. The monoisotopic (exact) mass is 227 g/mol. The lowest BCUT2D eigenvalue weighted by Gasteiger charge is -2.43. The van der Waals surface area contributed by atoms with Crippen molar-refractivity contribution in [2.45, 2.75) is 38.8 Å². The van der Waals surface area contributed by atoms with Gasteiger partial charge in [0.25, 0.3) is 0 Å². The van der Waals surface area contributed by atoms with Gasteiger partial charge in [0.1, 0.15) is 0 Å². The lowest BCUT2D eigenvalue weighted by Crippen LogP contribution is -2.54. The molecule has 1 unspecified atom stereocenters. The predicted octanol–water partition coefficient (Wildman–Crippen LogP) is 2.43. The largest absolute Gasteiger partial charge is 0.377 e. The van der Waals surface area contributed by atoms with Crippen molar-refractivity contribution >= 4 is 0 Å². The second-order valence-corrected chi connectivity index (χ2v) is 4.17. The van der Waals surface area contributed by atoms with Crippen molar-refractivity contribution in [3.05, 3.63) is 12.7 Å². The van der Waals surface area contributed by atoms with Crippen LogP contribution >= 0.6 is 0 Å². The average molecular weight is 227 g/mol. The van der Waals surface area contributed by atoms with Crippen molar-refractivity contribution in [2.75, 3.05) is 32.9 Å². The van der Waals surface area contributed by atoms with E-state index in [1.165, 1.54) is 19.3 Å². The molecule has 1 aliphatic rings. The Morgan fingerprint density at radius 3 is 2.38 bits per heavy atom. The third-order valence-electron chi connectivity index (χ3n) is 3.12. The zero-order valence-electron chi connectivity index (χ0n) is 10.7. The van der Waals surface area contributed by atoms with E-state index >= 15 is 0 Å². The lowest BCUT2D eigenvalue weighted by atomic mass is 10.1. The van der Waals surface area contributed by atoms with Crippen molar-refractivity contribution in [3.63, 3.8) is 0 Å². The normalized spacial score (nSPS) is 21.6. The summed E-state index contributed by atoms with van der Waals surface area (Å²) < 4.78 is 11.5. The Kier molecular flexibility index (Phi) is 6.03. The van der Waals surface area contributed by atoms with Crippen LogP contribution in [0.3, 0.4) is 0 Å². The molecule has 0 saturated carbocycles. The van der Waals surface area contributed by atoms with Gasteiger partial charge in [0.15, 0.2) is 5.72 Å². The molecule has 0 amide bonds. The summed E-state index contributed by atoms with van der Waals surface area (Å²) in [5.74, 6) is 0. The highest BCUT2D eigenvalue weighted by atomic mass is 16.6. The van der Waals surface area contributed by atoms with E-state index in [9.17, 15) is 0 Å². The van der Waals surface area contributed by atoms with Gasteiger partial charge in [0.05, 0.1) is 6.61 Å². The van der Waals surface area contributed by atoms with Gasteiger partial charge in [-0.25, -0.2) is 0 Å². The maximum Gasteiger partial charge on any atom is 0.164 e. The molecule has 0 N–H and O–H groups in total. The van der Waals surface area contributed by atoms with Crippen LogP contribution in [0.15, 0.2) is 12.7 Å². The van der Waals surface area contributed by atoms with E-state index in [4.69, 9.17) is 9.47 Å². The average Bonchev–Trinajstić information content (AvgIpc) is 2.36. The summed E-state index contributed by atoms with van der Waals surface area (Å²) in [4.78, 5) is 2.36. The Bertz CT molecular complexity index is 202. The molecule has 0 aromatic heterocycles. The highest BCUT2D eigenvalue weighted by molar-refractivity contribution is 4.98. The first-order valence-corrected chi connectivity index (χ1v) is 6.39. The van der Waals surface area contributed by atoms with E-state index in [1.807, 2.05) is 19.9 Å². The number of ether oxygens (including phenoxy) is 2. The Hall–Kier alpha value is -0.380. The summed E-state index contributed by atoms with van der Waals surface area (Å²) >= 11 is 0. The van der Waals surface area contributed by atoms with Gasteiger partial charge in [-0.3, -0.25) is 4.90 Å². The lowest BCUT2D eigenvalue weighted by molar-refractivity contribution is -0.159. The minimum Gasteiger partial charge on any atom is -0.377 e. The minimum absolute atomic E-state index is 0.412. The van der Waals surface area contributed by atoms with Crippen LogP contribution < -0.4 is 0 Å². The quantitative estimate of drug-likeness (QED) is 0.623. The Balaban J connectivity index is 2.68. The molecule has 1 heterocycles. The zero-order chi connectivity index (χ0) is 11.9. The van der Waals surface area contributed by atoms with E-state index in [0.717, 1.165) is 19.7 Å². The fourth-order valence-electron chi connectivity index (χ4n) is 2.24. The van der Waals surface area contributed by atoms with Crippen LogP contribution in [0.25, 0.3) is 0 Å². The summed E-state index contributed by atoms with van der Waals surface area (Å²) in [5, 5.41) is 0. The van der Waals surface area contributed by atoms with Crippen LogP contribution in [0.5, 0.6) is 0 Å². The number of piperidine rings is 1. The number of likely N-dealkylation sites (tertiary alicyclic amines) is 1. The van der Waals surface area contributed by atoms with Crippen LogP contribution in [0.4, 0.5) is 0 Å². The highest BCUT2D eigenvalue weighted by Crippen LogP contribution is 2.24. The predicted molar refractivity (Wildman–Crippen MR) is 66.5 cm³/mol. The van der Waals surface area contributed by atoms with Gasteiger partial charge in [0.2, 0.25) is 0 Å². The molecule has 0 aromatic rings. The molecule has 16 heavy (non-hydrogen) atoms. The van der Waals surface area contributed by atoms with Crippen molar-refractivity contribution in [3.8, 4) is 0 Å². The molecule has 3 heteroatoms. The van der Waals surface area contributed by atoms with Crippen LogP contribution in [0.1, 0.15) is 33.1 Å². The van der Waals surface area contributed by atoms with E-state index in [1.54, 1.807) is 0 Å². The molecule has 1 rings (SSSR count). The van der Waals surface area contributed by atoms with Crippen LogP contribution in [-0.2, 0) is 9.47 Å². The van der Waals surface area contributed by atoms with E-state index in [-0.39, 0.29) is 0 Å². The Labute approximate surface area is 99.4 Å². The molecule has 0 aliphatic carbocycles. The fraction of sp³-hybridized carbons (Fsp3) is 0.846. The SMILES string of the molecule is C=CC(COCC)(OCC)N1CCCCC1. The molecule has 1 saturated heterocycles. The van der Waals surface area contributed by atoms with Gasteiger partial charge in [-0.05, 0) is 32.8 Å².